The van der Waals surface area contributed by atoms with Crippen molar-refractivity contribution in [2.24, 2.45) is 0 Å². The summed E-state index contributed by atoms with van der Waals surface area (Å²) in [4.78, 5) is 0. The smallest absolute Gasteiger partial charge is 0.166 e. The van der Waals surface area contributed by atoms with Crippen LogP contribution in [0.2, 0.25) is 0 Å². The van der Waals surface area contributed by atoms with Crippen LogP contribution < -0.4 is 0 Å². The van der Waals surface area contributed by atoms with Crippen molar-refractivity contribution >= 4 is 22.6 Å². The van der Waals surface area contributed by atoms with Crippen molar-refractivity contribution in [2.75, 3.05) is 0 Å². The van der Waals surface area contributed by atoms with Crippen LogP contribution in [0.5, 0.6) is 0 Å². The van der Waals surface area contributed by atoms with Gasteiger partial charge in [0, 0.05) is 3.57 Å². The van der Waals surface area contributed by atoms with Gasteiger partial charge in [0.2, 0.25) is 0 Å². The molecule has 0 fully saturated rings. The molecule has 0 N–H and O–H groups in total. The first-order chi connectivity index (χ1) is 7.97. The van der Waals surface area contributed by atoms with Gasteiger partial charge in [0.1, 0.15) is 0 Å². The van der Waals surface area contributed by atoms with Gasteiger partial charge in [0.15, 0.2) is 0 Å². The molecular weight excluding hydrogens is 340 g/mol. The van der Waals surface area contributed by atoms with Crippen molar-refractivity contribution in [2.45, 2.75) is 6.18 Å². The predicted octanol–water partition coefficient (Wildman–Crippen LogP) is 4.98. The minimum absolute atomic E-state index is 0.619. The SMILES string of the molecule is FC(F)(F)c1ccc(-c2ccc(I)cc2)cc1. The molecule has 0 atom stereocenters. The van der Waals surface area contributed by atoms with E-state index in [0.29, 0.717) is 0 Å². The highest BCUT2D eigenvalue weighted by molar-refractivity contribution is 14.1. The minimum Gasteiger partial charge on any atom is -0.166 e. The van der Waals surface area contributed by atoms with E-state index in [0.717, 1.165) is 26.8 Å². The molecule has 0 radical (unpaired) electrons. The van der Waals surface area contributed by atoms with Gasteiger partial charge in [0.25, 0.3) is 0 Å². The van der Waals surface area contributed by atoms with Gasteiger partial charge in [-0.15, -0.1) is 0 Å². The topological polar surface area (TPSA) is 0 Å². The summed E-state index contributed by atoms with van der Waals surface area (Å²) >= 11 is 2.18. The summed E-state index contributed by atoms with van der Waals surface area (Å²) in [6.07, 6.45) is -4.27. The zero-order chi connectivity index (χ0) is 12.5. The number of rotatable bonds is 1. The summed E-state index contributed by atoms with van der Waals surface area (Å²) in [5, 5.41) is 0. The van der Waals surface area contributed by atoms with Gasteiger partial charge >= 0.3 is 6.18 Å². The summed E-state index contributed by atoms with van der Waals surface area (Å²) < 4.78 is 38.2. The lowest BCUT2D eigenvalue weighted by molar-refractivity contribution is -0.137. The molecule has 2 aromatic rings. The Kier molecular flexibility index (Phi) is 3.42. The molecule has 0 saturated carbocycles. The van der Waals surface area contributed by atoms with Crippen LogP contribution in [0.3, 0.4) is 0 Å². The van der Waals surface area contributed by atoms with Crippen LogP contribution in [-0.2, 0) is 6.18 Å². The molecule has 4 heteroatoms. The van der Waals surface area contributed by atoms with Crippen molar-refractivity contribution < 1.29 is 13.2 Å². The van der Waals surface area contributed by atoms with Crippen LogP contribution in [0, 0.1) is 3.57 Å². The molecule has 0 aliphatic heterocycles. The van der Waals surface area contributed by atoms with Gasteiger partial charge in [-0.1, -0.05) is 24.3 Å². The van der Waals surface area contributed by atoms with E-state index in [2.05, 4.69) is 22.6 Å². The Morgan fingerprint density at radius 1 is 0.706 bits per heavy atom. The molecule has 0 unspecified atom stereocenters. The number of hydrogen-bond donors (Lipinski definition) is 0. The Labute approximate surface area is 111 Å². The minimum atomic E-state index is -4.27. The molecule has 0 aliphatic rings. The summed E-state index contributed by atoms with van der Waals surface area (Å²) in [6.45, 7) is 0. The third-order valence-corrected chi connectivity index (χ3v) is 3.11. The maximum atomic E-state index is 12.4. The molecule has 2 aromatic carbocycles. The van der Waals surface area contributed by atoms with Gasteiger partial charge in [-0.3, -0.25) is 0 Å². The fourth-order valence-electron chi connectivity index (χ4n) is 1.49. The fourth-order valence-corrected chi connectivity index (χ4v) is 1.85. The molecule has 0 bridgehead atoms. The normalized spacial score (nSPS) is 11.5. The van der Waals surface area contributed by atoms with Gasteiger partial charge in [-0.05, 0) is 58.0 Å². The molecule has 0 aromatic heterocycles. The Bertz CT molecular complexity index is 498. The molecular formula is C13H8F3I. The lowest BCUT2D eigenvalue weighted by Gasteiger charge is -2.07. The van der Waals surface area contributed by atoms with E-state index in [1.807, 2.05) is 24.3 Å². The second kappa shape index (κ2) is 4.68. The van der Waals surface area contributed by atoms with Gasteiger partial charge in [0.05, 0.1) is 5.56 Å². The monoisotopic (exact) mass is 348 g/mol. The Morgan fingerprint density at radius 3 is 1.53 bits per heavy atom. The van der Waals surface area contributed by atoms with Gasteiger partial charge < -0.3 is 0 Å². The maximum Gasteiger partial charge on any atom is 0.416 e. The molecule has 0 nitrogen and oxygen atoms in total. The van der Waals surface area contributed by atoms with Crippen LogP contribution in [0.4, 0.5) is 13.2 Å². The van der Waals surface area contributed by atoms with Crippen LogP contribution in [-0.4, -0.2) is 0 Å². The zero-order valence-corrected chi connectivity index (χ0v) is 10.8. The standard InChI is InChI=1S/C13H8F3I/c14-13(15,16)11-5-1-9(2-6-11)10-3-7-12(17)8-4-10/h1-8H. The fraction of sp³-hybridized carbons (Fsp3) is 0.0769. The average molecular weight is 348 g/mol. The zero-order valence-electron chi connectivity index (χ0n) is 8.63. The molecule has 0 heterocycles. The third-order valence-electron chi connectivity index (χ3n) is 2.39. The average Bonchev–Trinajstić information content (AvgIpc) is 2.29. The lowest BCUT2D eigenvalue weighted by Crippen LogP contribution is -2.03. The molecule has 2 rings (SSSR count). The van der Waals surface area contributed by atoms with Crippen molar-refractivity contribution in [3.63, 3.8) is 0 Å². The Morgan fingerprint density at radius 2 is 1.12 bits per heavy atom. The van der Waals surface area contributed by atoms with Crippen molar-refractivity contribution in [3.05, 3.63) is 57.7 Å². The van der Waals surface area contributed by atoms with Crippen molar-refractivity contribution in [1.29, 1.82) is 0 Å². The molecule has 88 valence electrons. The van der Waals surface area contributed by atoms with Crippen LogP contribution in [0.1, 0.15) is 5.56 Å². The molecule has 0 amide bonds. The number of halogens is 4. The van der Waals surface area contributed by atoms with Crippen LogP contribution >= 0.6 is 22.6 Å². The molecule has 0 aliphatic carbocycles. The van der Waals surface area contributed by atoms with E-state index >= 15 is 0 Å². The first-order valence-electron chi connectivity index (χ1n) is 4.90. The van der Waals surface area contributed by atoms with E-state index in [9.17, 15) is 13.2 Å². The first-order valence-corrected chi connectivity index (χ1v) is 5.98. The van der Waals surface area contributed by atoms with E-state index in [1.54, 1.807) is 0 Å². The third kappa shape index (κ3) is 3.00. The Balaban J connectivity index is 2.33. The van der Waals surface area contributed by atoms with E-state index in [-0.39, 0.29) is 0 Å². The quantitative estimate of drug-likeness (QED) is 0.638. The highest BCUT2D eigenvalue weighted by atomic mass is 127. The summed E-state index contributed by atoms with van der Waals surface area (Å²) in [5.41, 5.74) is 1.08. The van der Waals surface area contributed by atoms with E-state index < -0.39 is 11.7 Å². The maximum absolute atomic E-state index is 12.4. The second-order valence-electron chi connectivity index (χ2n) is 3.58. The second-order valence-corrected chi connectivity index (χ2v) is 4.83. The van der Waals surface area contributed by atoms with Gasteiger partial charge in [-0.2, -0.15) is 13.2 Å². The summed E-state index contributed by atoms with van der Waals surface area (Å²) in [7, 11) is 0. The first kappa shape index (κ1) is 12.4. The van der Waals surface area contributed by atoms with Crippen LogP contribution in [0.15, 0.2) is 48.5 Å². The largest absolute Gasteiger partial charge is 0.416 e. The molecule has 0 saturated heterocycles. The molecule has 17 heavy (non-hydrogen) atoms. The number of alkyl halides is 3. The Hall–Kier alpha value is -1.04. The van der Waals surface area contributed by atoms with Crippen LogP contribution in [0.25, 0.3) is 11.1 Å². The van der Waals surface area contributed by atoms with E-state index in [4.69, 9.17) is 0 Å². The van der Waals surface area contributed by atoms with Gasteiger partial charge in [-0.25, -0.2) is 0 Å². The van der Waals surface area contributed by atoms with Crippen molar-refractivity contribution in [1.82, 2.24) is 0 Å². The lowest BCUT2D eigenvalue weighted by atomic mass is 10.0. The molecule has 0 spiro atoms. The van der Waals surface area contributed by atoms with E-state index in [1.165, 1.54) is 12.1 Å². The highest BCUT2D eigenvalue weighted by Gasteiger charge is 2.29. The summed E-state index contributed by atoms with van der Waals surface area (Å²) in [6, 6.07) is 12.8. The number of hydrogen-bond acceptors (Lipinski definition) is 0. The predicted molar refractivity (Wildman–Crippen MR) is 69.6 cm³/mol. The summed E-state index contributed by atoms with van der Waals surface area (Å²) in [5.74, 6) is 0. The highest BCUT2D eigenvalue weighted by Crippen LogP contribution is 2.31. The van der Waals surface area contributed by atoms with Crippen molar-refractivity contribution in [3.8, 4) is 11.1 Å². The number of benzene rings is 2.